The number of carbonyl (C=O) groups excluding carboxylic acids is 2. The van der Waals surface area contributed by atoms with Gasteiger partial charge in [0.25, 0.3) is 11.7 Å². The Morgan fingerprint density at radius 3 is 2.37 bits per heavy atom. The molecule has 0 atom stereocenters. The first kappa shape index (κ1) is 13.0. The first-order valence-electron chi connectivity index (χ1n) is 4.74. The Balaban J connectivity index is 2.69. The zero-order valence-corrected chi connectivity index (χ0v) is 8.88. The summed E-state index contributed by atoms with van der Waals surface area (Å²) in [5.41, 5.74) is -3.28. The van der Waals surface area contributed by atoms with Crippen molar-refractivity contribution in [3.05, 3.63) is 29.1 Å². The van der Waals surface area contributed by atoms with E-state index in [9.17, 15) is 27.2 Å². The maximum atomic E-state index is 13.3. The molecule has 1 heterocycles. The van der Waals surface area contributed by atoms with Crippen LogP contribution in [0.2, 0.25) is 0 Å². The molecule has 5 nitrogen and oxygen atoms in total. The molecule has 1 aliphatic rings. The maximum Gasteiger partial charge on any atom is 0.419 e. The largest absolute Gasteiger partial charge is 0.419 e. The van der Waals surface area contributed by atoms with Crippen LogP contribution in [0.25, 0.3) is 0 Å². The smallest absolute Gasteiger partial charge is 0.410 e. The van der Waals surface area contributed by atoms with Crippen LogP contribution < -0.4 is 5.32 Å². The minimum Gasteiger partial charge on any atom is -0.410 e. The van der Waals surface area contributed by atoms with Gasteiger partial charge in [0.1, 0.15) is 5.82 Å². The number of amides is 1. The summed E-state index contributed by atoms with van der Waals surface area (Å²) >= 11 is 0. The predicted octanol–water partition coefficient (Wildman–Crippen LogP) is 1.54. The summed E-state index contributed by atoms with van der Waals surface area (Å²) in [4.78, 5) is 22.4. The molecule has 0 aromatic heterocycles. The Morgan fingerprint density at radius 2 is 1.84 bits per heavy atom. The molecule has 0 aliphatic carbocycles. The van der Waals surface area contributed by atoms with Crippen LogP contribution in [0, 0.1) is 5.82 Å². The molecule has 1 aliphatic heterocycles. The van der Waals surface area contributed by atoms with Crippen molar-refractivity contribution in [2.24, 2.45) is 5.16 Å². The Bertz CT molecular complexity index is 622. The second kappa shape index (κ2) is 4.04. The summed E-state index contributed by atoms with van der Waals surface area (Å²) in [6.45, 7) is 0. The molecular formula is C10H4F4N2O3. The lowest BCUT2D eigenvalue weighted by Crippen LogP contribution is -2.36. The number of alkyl halides is 3. The van der Waals surface area contributed by atoms with Gasteiger partial charge in [-0.15, -0.1) is 0 Å². The molecule has 0 bridgehead atoms. The number of oxime groups is 1. The van der Waals surface area contributed by atoms with Crippen LogP contribution in [-0.4, -0.2) is 22.6 Å². The van der Waals surface area contributed by atoms with E-state index in [1.807, 2.05) is 5.32 Å². The summed E-state index contributed by atoms with van der Waals surface area (Å²) in [6, 6.07) is 0.713. The van der Waals surface area contributed by atoms with Crippen molar-refractivity contribution in [1.82, 2.24) is 0 Å². The third kappa shape index (κ3) is 2.02. The van der Waals surface area contributed by atoms with E-state index in [2.05, 4.69) is 5.16 Å². The highest BCUT2D eigenvalue weighted by Crippen LogP contribution is 2.35. The van der Waals surface area contributed by atoms with Crippen molar-refractivity contribution >= 4 is 23.1 Å². The zero-order chi connectivity index (χ0) is 14.4. The van der Waals surface area contributed by atoms with Gasteiger partial charge in [-0.3, -0.25) is 9.59 Å². The van der Waals surface area contributed by atoms with Crippen molar-refractivity contribution in [3.63, 3.8) is 0 Å². The van der Waals surface area contributed by atoms with Crippen molar-refractivity contribution in [2.75, 3.05) is 5.32 Å². The average Bonchev–Trinajstić information content (AvgIpc) is 2.30. The van der Waals surface area contributed by atoms with Crippen molar-refractivity contribution in [1.29, 1.82) is 0 Å². The number of carbonyl (C=O) groups is 2. The van der Waals surface area contributed by atoms with E-state index in [0.717, 1.165) is 0 Å². The molecule has 0 unspecified atom stereocenters. The van der Waals surface area contributed by atoms with E-state index in [1.165, 1.54) is 0 Å². The van der Waals surface area contributed by atoms with Gasteiger partial charge in [-0.1, -0.05) is 5.16 Å². The fourth-order valence-corrected chi connectivity index (χ4v) is 1.60. The summed E-state index contributed by atoms with van der Waals surface area (Å²) in [7, 11) is 0. The van der Waals surface area contributed by atoms with E-state index in [1.54, 1.807) is 0 Å². The van der Waals surface area contributed by atoms with Gasteiger partial charge in [0.2, 0.25) is 0 Å². The molecule has 9 heteroatoms. The first-order valence-corrected chi connectivity index (χ1v) is 4.74. The number of benzene rings is 1. The van der Waals surface area contributed by atoms with Gasteiger partial charge in [0.05, 0.1) is 11.3 Å². The molecule has 0 fully saturated rings. The van der Waals surface area contributed by atoms with Crippen LogP contribution in [0.5, 0.6) is 0 Å². The Morgan fingerprint density at radius 1 is 1.21 bits per heavy atom. The third-order valence-electron chi connectivity index (χ3n) is 2.44. The summed E-state index contributed by atoms with van der Waals surface area (Å²) in [5.74, 6) is -4.18. The second-order valence-electron chi connectivity index (χ2n) is 3.61. The fourth-order valence-electron chi connectivity index (χ4n) is 1.60. The van der Waals surface area contributed by atoms with Crippen molar-refractivity contribution in [2.45, 2.75) is 6.18 Å². The Kier molecular flexibility index (Phi) is 2.76. The van der Waals surface area contributed by atoms with Gasteiger partial charge < -0.3 is 10.5 Å². The molecule has 1 aromatic carbocycles. The van der Waals surface area contributed by atoms with Gasteiger partial charge in [0.15, 0.2) is 5.71 Å². The second-order valence-corrected chi connectivity index (χ2v) is 3.61. The highest BCUT2D eigenvalue weighted by molar-refractivity contribution is 6.72. The molecule has 1 aromatic rings. The Labute approximate surface area is 102 Å². The average molecular weight is 276 g/mol. The minimum absolute atomic E-state index is 0.334. The van der Waals surface area contributed by atoms with E-state index in [-0.39, 0.29) is 0 Å². The van der Waals surface area contributed by atoms with E-state index >= 15 is 0 Å². The lowest BCUT2D eigenvalue weighted by molar-refractivity contribution is -0.140. The molecule has 100 valence electrons. The van der Waals surface area contributed by atoms with Crippen molar-refractivity contribution < 1.29 is 32.4 Å². The molecule has 0 saturated heterocycles. The standard InChI is InChI=1S/C10H4F4N2O3/c11-5-1-3-6(2-4(5)10(12,13)14)15-9(18)8(17)7(3)16-19/h1-2,19H,(H,15,18)/b16-7-. The number of ketones is 1. The molecule has 1 amide bonds. The Hall–Kier alpha value is -2.45. The number of halogens is 4. The number of fused-ring (bicyclic) bond motifs is 1. The van der Waals surface area contributed by atoms with Gasteiger partial charge in [-0.2, -0.15) is 13.2 Å². The number of Topliss-reactive ketones (excluding diaryl/α,β-unsaturated/α-hetero) is 1. The lowest BCUT2D eigenvalue weighted by Gasteiger charge is -2.18. The van der Waals surface area contributed by atoms with Gasteiger partial charge in [-0.05, 0) is 12.1 Å². The highest BCUT2D eigenvalue weighted by atomic mass is 19.4. The topological polar surface area (TPSA) is 78.8 Å². The molecule has 19 heavy (non-hydrogen) atoms. The number of rotatable bonds is 0. The molecular weight excluding hydrogens is 272 g/mol. The van der Waals surface area contributed by atoms with Gasteiger partial charge in [0, 0.05) is 5.56 Å². The van der Waals surface area contributed by atoms with Crippen LogP contribution in [-0.2, 0) is 15.8 Å². The normalized spacial score (nSPS) is 17.4. The number of hydrogen-bond acceptors (Lipinski definition) is 4. The first-order chi connectivity index (χ1) is 8.75. The van der Waals surface area contributed by atoms with Gasteiger partial charge in [-0.25, -0.2) is 4.39 Å². The summed E-state index contributed by atoms with van der Waals surface area (Å²) < 4.78 is 50.7. The van der Waals surface area contributed by atoms with E-state index < -0.39 is 46.2 Å². The number of nitrogens with zero attached hydrogens (tertiary/aromatic N) is 1. The third-order valence-corrected chi connectivity index (χ3v) is 2.44. The SMILES string of the molecule is O=C1Nc2cc(C(F)(F)F)c(F)cc2/C(=N/O)C1=O. The minimum atomic E-state index is -4.96. The van der Waals surface area contributed by atoms with Crippen LogP contribution in [0.3, 0.4) is 0 Å². The zero-order valence-electron chi connectivity index (χ0n) is 8.88. The monoisotopic (exact) mass is 276 g/mol. The summed E-state index contributed by atoms with van der Waals surface area (Å²) in [6.07, 6.45) is -4.96. The van der Waals surface area contributed by atoms with Crippen molar-refractivity contribution in [3.8, 4) is 0 Å². The molecule has 2 rings (SSSR count). The van der Waals surface area contributed by atoms with Crippen LogP contribution in [0.1, 0.15) is 11.1 Å². The van der Waals surface area contributed by atoms with Crippen LogP contribution in [0.4, 0.5) is 23.2 Å². The van der Waals surface area contributed by atoms with E-state index in [4.69, 9.17) is 5.21 Å². The van der Waals surface area contributed by atoms with Crippen LogP contribution in [0.15, 0.2) is 17.3 Å². The van der Waals surface area contributed by atoms with E-state index in [0.29, 0.717) is 12.1 Å². The molecule has 0 saturated carbocycles. The highest BCUT2D eigenvalue weighted by Gasteiger charge is 2.38. The maximum absolute atomic E-state index is 13.3. The lowest BCUT2D eigenvalue weighted by atomic mass is 9.97. The molecule has 2 N–H and O–H groups in total. The molecule has 0 radical (unpaired) electrons. The number of hydrogen-bond donors (Lipinski definition) is 2. The molecule has 0 spiro atoms. The number of anilines is 1. The quantitative estimate of drug-likeness (QED) is 0.326. The summed E-state index contributed by atoms with van der Waals surface area (Å²) in [5, 5.41) is 13.0. The van der Waals surface area contributed by atoms with Crippen LogP contribution >= 0.6 is 0 Å². The number of nitrogens with one attached hydrogen (secondary N) is 1. The fraction of sp³-hybridized carbons (Fsp3) is 0.100. The van der Waals surface area contributed by atoms with Gasteiger partial charge >= 0.3 is 6.18 Å². The predicted molar refractivity (Wildman–Crippen MR) is 53.4 cm³/mol.